The maximum absolute atomic E-state index is 12.0. The van der Waals surface area contributed by atoms with Gasteiger partial charge in [-0.15, -0.1) is 0 Å². The molecule has 0 spiro atoms. The van der Waals surface area contributed by atoms with E-state index in [0.717, 1.165) is 45.2 Å². The van der Waals surface area contributed by atoms with Gasteiger partial charge in [0.2, 0.25) is 5.91 Å². The minimum absolute atomic E-state index is 0.0156. The first kappa shape index (κ1) is 10.9. The molecule has 0 aromatic heterocycles. The topological polar surface area (TPSA) is 66.6 Å². The molecule has 1 amide bonds. The summed E-state index contributed by atoms with van der Waals surface area (Å²) < 4.78 is 0. The molecule has 4 heteroatoms. The van der Waals surface area contributed by atoms with Crippen LogP contribution in [0, 0.1) is 5.92 Å². The molecule has 0 aromatic carbocycles. The number of nitrogens with two attached hydrogens (primary N) is 1. The van der Waals surface area contributed by atoms with Crippen molar-refractivity contribution in [2.24, 2.45) is 11.7 Å². The number of rotatable bonds is 2. The van der Waals surface area contributed by atoms with Gasteiger partial charge in [-0.3, -0.25) is 4.79 Å². The summed E-state index contributed by atoms with van der Waals surface area (Å²) in [5, 5.41) is 9.70. The largest absolute Gasteiger partial charge is 0.393 e. The highest BCUT2D eigenvalue weighted by molar-refractivity contribution is 5.82. The summed E-state index contributed by atoms with van der Waals surface area (Å²) in [6, 6.07) is -0.486. The molecule has 2 fully saturated rings. The standard InChI is InChI=1S/C11H20N2O2/c12-10(8-4-3-5-9(8)14)11(15)13-6-1-2-7-13/h8-10,14H,1-7,12H2/t8-,9+,10+/m1/s1. The van der Waals surface area contributed by atoms with E-state index in [1.165, 1.54) is 0 Å². The fraction of sp³-hybridized carbons (Fsp3) is 0.909. The Morgan fingerprint density at radius 3 is 2.47 bits per heavy atom. The molecule has 86 valence electrons. The third-order valence-electron chi connectivity index (χ3n) is 3.70. The van der Waals surface area contributed by atoms with Crippen LogP contribution in [0.4, 0.5) is 0 Å². The maximum Gasteiger partial charge on any atom is 0.239 e. The molecule has 0 bridgehead atoms. The molecule has 1 aliphatic carbocycles. The predicted molar refractivity (Wildman–Crippen MR) is 57.1 cm³/mol. The van der Waals surface area contributed by atoms with Gasteiger partial charge in [-0.25, -0.2) is 0 Å². The van der Waals surface area contributed by atoms with Crippen molar-refractivity contribution in [1.82, 2.24) is 4.90 Å². The van der Waals surface area contributed by atoms with Crippen molar-refractivity contribution in [2.45, 2.75) is 44.2 Å². The monoisotopic (exact) mass is 212 g/mol. The minimum Gasteiger partial charge on any atom is -0.393 e. The summed E-state index contributed by atoms with van der Waals surface area (Å²) in [5.74, 6) is 0.0246. The summed E-state index contributed by atoms with van der Waals surface area (Å²) >= 11 is 0. The first-order valence-corrected chi connectivity index (χ1v) is 5.92. The second-order valence-corrected chi connectivity index (χ2v) is 4.72. The van der Waals surface area contributed by atoms with Crippen molar-refractivity contribution in [3.63, 3.8) is 0 Å². The Labute approximate surface area is 90.4 Å². The predicted octanol–water partition coefficient (Wildman–Crippen LogP) is 0.0971. The Kier molecular flexibility index (Phi) is 3.26. The molecule has 1 saturated carbocycles. The molecule has 15 heavy (non-hydrogen) atoms. The van der Waals surface area contributed by atoms with Gasteiger partial charge in [0.1, 0.15) is 0 Å². The van der Waals surface area contributed by atoms with Crippen LogP contribution in [0.5, 0.6) is 0 Å². The number of carbonyl (C=O) groups excluding carboxylic acids is 1. The van der Waals surface area contributed by atoms with Crippen LogP contribution in [0.3, 0.4) is 0 Å². The average Bonchev–Trinajstić information content (AvgIpc) is 2.85. The van der Waals surface area contributed by atoms with E-state index in [4.69, 9.17) is 5.73 Å². The van der Waals surface area contributed by atoms with Crippen LogP contribution in [-0.2, 0) is 4.79 Å². The van der Waals surface area contributed by atoms with Crippen molar-refractivity contribution >= 4 is 5.91 Å². The lowest BCUT2D eigenvalue weighted by atomic mass is 9.96. The van der Waals surface area contributed by atoms with E-state index in [1.807, 2.05) is 4.90 Å². The van der Waals surface area contributed by atoms with Gasteiger partial charge in [-0.1, -0.05) is 6.42 Å². The first-order valence-electron chi connectivity index (χ1n) is 5.92. The van der Waals surface area contributed by atoms with Crippen LogP contribution < -0.4 is 5.73 Å². The summed E-state index contributed by atoms with van der Waals surface area (Å²) in [5.41, 5.74) is 5.94. The zero-order valence-electron chi connectivity index (χ0n) is 9.06. The molecular formula is C11H20N2O2. The number of hydrogen-bond donors (Lipinski definition) is 2. The van der Waals surface area contributed by atoms with Gasteiger partial charge < -0.3 is 15.7 Å². The van der Waals surface area contributed by atoms with E-state index in [9.17, 15) is 9.90 Å². The fourth-order valence-electron chi connectivity index (χ4n) is 2.72. The molecule has 1 heterocycles. The summed E-state index contributed by atoms with van der Waals surface area (Å²) in [6.07, 6.45) is 4.49. The number of aliphatic hydroxyl groups excluding tert-OH is 1. The Hall–Kier alpha value is -0.610. The summed E-state index contributed by atoms with van der Waals surface area (Å²) in [6.45, 7) is 1.69. The molecule has 1 saturated heterocycles. The molecule has 2 aliphatic rings. The molecule has 3 atom stereocenters. The molecule has 3 N–H and O–H groups in total. The first-order chi connectivity index (χ1) is 7.20. The smallest absolute Gasteiger partial charge is 0.239 e. The lowest BCUT2D eigenvalue weighted by Gasteiger charge is -2.26. The van der Waals surface area contributed by atoms with Gasteiger partial charge in [0, 0.05) is 19.0 Å². The van der Waals surface area contributed by atoms with Gasteiger partial charge in [0.05, 0.1) is 12.1 Å². The fourth-order valence-corrected chi connectivity index (χ4v) is 2.72. The normalized spacial score (nSPS) is 33.3. The van der Waals surface area contributed by atoms with Crippen LogP contribution in [0.2, 0.25) is 0 Å². The summed E-state index contributed by atoms with van der Waals surface area (Å²) in [4.78, 5) is 13.8. The van der Waals surface area contributed by atoms with Crippen LogP contribution in [0.1, 0.15) is 32.1 Å². The zero-order chi connectivity index (χ0) is 10.8. The maximum atomic E-state index is 12.0. The zero-order valence-corrected chi connectivity index (χ0v) is 9.06. The minimum atomic E-state index is -0.486. The van der Waals surface area contributed by atoms with Crippen molar-refractivity contribution in [2.75, 3.05) is 13.1 Å². The highest BCUT2D eigenvalue weighted by Gasteiger charge is 2.36. The Morgan fingerprint density at radius 2 is 1.93 bits per heavy atom. The van der Waals surface area contributed by atoms with E-state index in [-0.39, 0.29) is 17.9 Å². The molecular weight excluding hydrogens is 192 g/mol. The van der Waals surface area contributed by atoms with E-state index in [0.29, 0.717) is 0 Å². The molecule has 0 aromatic rings. The van der Waals surface area contributed by atoms with E-state index >= 15 is 0 Å². The van der Waals surface area contributed by atoms with Crippen LogP contribution in [0.15, 0.2) is 0 Å². The quantitative estimate of drug-likeness (QED) is 0.682. The number of amides is 1. The van der Waals surface area contributed by atoms with Gasteiger partial charge in [-0.05, 0) is 25.7 Å². The third-order valence-corrected chi connectivity index (χ3v) is 3.70. The third kappa shape index (κ3) is 2.16. The highest BCUT2D eigenvalue weighted by atomic mass is 16.3. The molecule has 2 rings (SSSR count). The Morgan fingerprint density at radius 1 is 1.27 bits per heavy atom. The molecule has 0 radical (unpaired) electrons. The molecule has 0 unspecified atom stereocenters. The van der Waals surface area contributed by atoms with Gasteiger partial charge >= 0.3 is 0 Å². The number of hydrogen-bond acceptors (Lipinski definition) is 3. The van der Waals surface area contributed by atoms with E-state index < -0.39 is 6.04 Å². The lowest BCUT2D eigenvalue weighted by molar-refractivity contribution is -0.133. The number of aliphatic hydroxyl groups is 1. The number of carbonyl (C=O) groups is 1. The van der Waals surface area contributed by atoms with Crippen LogP contribution in [-0.4, -0.2) is 41.1 Å². The van der Waals surface area contributed by atoms with Gasteiger partial charge in [0.25, 0.3) is 0 Å². The van der Waals surface area contributed by atoms with E-state index in [2.05, 4.69) is 0 Å². The van der Waals surface area contributed by atoms with Crippen LogP contribution in [0.25, 0.3) is 0 Å². The number of likely N-dealkylation sites (tertiary alicyclic amines) is 1. The second-order valence-electron chi connectivity index (χ2n) is 4.72. The van der Waals surface area contributed by atoms with Gasteiger partial charge in [0.15, 0.2) is 0 Å². The van der Waals surface area contributed by atoms with Crippen molar-refractivity contribution in [1.29, 1.82) is 0 Å². The average molecular weight is 212 g/mol. The van der Waals surface area contributed by atoms with Crippen molar-refractivity contribution < 1.29 is 9.90 Å². The highest BCUT2D eigenvalue weighted by Crippen LogP contribution is 2.28. The Balaban J connectivity index is 1.94. The van der Waals surface area contributed by atoms with Crippen LogP contribution >= 0.6 is 0 Å². The van der Waals surface area contributed by atoms with Gasteiger partial charge in [-0.2, -0.15) is 0 Å². The number of nitrogens with zero attached hydrogens (tertiary/aromatic N) is 1. The van der Waals surface area contributed by atoms with Crippen molar-refractivity contribution in [3.05, 3.63) is 0 Å². The second kappa shape index (κ2) is 4.49. The summed E-state index contributed by atoms with van der Waals surface area (Å²) in [7, 11) is 0. The Bertz CT molecular complexity index is 239. The van der Waals surface area contributed by atoms with Crippen molar-refractivity contribution in [3.8, 4) is 0 Å². The molecule has 1 aliphatic heterocycles. The lowest BCUT2D eigenvalue weighted by Crippen LogP contribution is -2.48. The van der Waals surface area contributed by atoms with E-state index in [1.54, 1.807) is 0 Å². The SMILES string of the molecule is N[C@H](C(=O)N1CCCC1)[C@@H]1CCC[C@@H]1O. The molecule has 4 nitrogen and oxygen atoms in total.